The highest BCUT2D eigenvalue weighted by Crippen LogP contribution is 2.31. The Balaban J connectivity index is 1.80. The van der Waals surface area contributed by atoms with Crippen molar-refractivity contribution in [1.29, 1.82) is 0 Å². The Hall–Kier alpha value is -3.06. The number of morpholine rings is 1. The Bertz CT molecular complexity index is 854. The predicted molar refractivity (Wildman–Crippen MR) is 106 cm³/mol. The number of carbonyl (C=O) groups excluding carboxylic acids is 1. The molecule has 2 atom stereocenters. The van der Waals surface area contributed by atoms with Crippen LogP contribution in [0.4, 0.5) is 0 Å². The van der Waals surface area contributed by atoms with Gasteiger partial charge in [-0.2, -0.15) is 0 Å². The SMILES string of the molecule is CCOc1cc(C(=O)N2CC(c3ccccc3)OCC2C)ccc1OCC(=O)O. The molecule has 2 unspecified atom stereocenters. The molecule has 2 aromatic carbocycles. The molecule has 0 radical (unpaired) electrons. The largest absolute Gasteiger partial charge is 0.490 e. The summed E-state index contributed by atoms with van der Waals surface area (Å²) < 4.78 is 16.7. The molecule has 7 nitrogen and oxygen atoms in total. The quantitative estimate of drug-likeness (QED) is 0.770. The molecule has 2 aromatic rings. The Morgan fingerprint density at radius 2 is 1.90 bits per heavy atom. The second-order valence-electron chi connectivity index (χ2n) is 6.82. The average molecular weight is 399 g/mol. The molecular weight excluding hydrogens is 374 g/mol. The van der Waals surface area contributed by atoms with Crippen LogP contribution in [0, 0.1) is 0 Å². The molecular formula is C22H25NO6. The summed E-state index contributed by atoms with van der Waals surface area (Å²) in [5.74, 6) is -0.572. The Labute approximate surface area is 169 Å². The molecule has 154 valence electrons. The number of amides is 1. The zero-order chi connectivity index (χ0) is 20.8. The number of nitrogens with zero attached hydrogens (tertiary/aromatic N) is 1. The van der Waals surface area contributed by atoms with E-state index >= 15 is 0 Å². The first-order valence-electron chi connectivity index (χ1n) is 9.58. The molecule has 1 aliphatic heterocycles. The van der Waals surface area contributed by atoms with Crippen LogP contribution in [0.2, 0.25) is 0 Å². The fourth-order valence-electron chi connectivity index (χ4n) is 3.24. The number of ether oxygens (including phenoxy) is 3. The monoisotopic (exact) mass is 399 g/mol. The zero-order valence-electron chi connectivity index (χ0n) is 16.5. The Kier molecular flexibility index (Phi) is 6.72. The first kappa shape index (κ1) is 20.7. The van der Waals surface area contributed by atoms with Crippen molar-refractivity contribution in [3.05, 3.63) is 59.7 Å². The molecule has 1 heterocycles. The van der Waals surface area contributed by atoms with Gasteiger partial charge in [0.15, 0.2) is 18.1 Å². The zero-order valence-corrected chi connectivity index (χ0v) is 16.5. The van der Waals surface area contributed by atoms with Crippen molar-refractivity contribution in [2.75, 3.05) is 26.4 Å². The van der Waals surface area contributed by atoms with E-state index in [0.717, 1.165) is 5.56 Å². The van der Waals surface area contributed by atoms with Crippen molar-refractivity contribution in [1.82, 2.24) is 4.90 Å². The molecule has 0 bridgehead atoms. The molecule has 7 heteroatoms. The number of aliphatic carboxylic acids is 1. The lowest BCUT2D eigenvalue weighted by atomic mass is 10.0. The molecule has 1 amide bonds. The number of carboxylic acids is 1. The lowest BCUT2D eigenvalue weighted by Gasteiger charge is -2.38. The van der Waals surface area contributed by atoms with Gasteiger partial charge < -0.3 is 24.2 Å². The van der Waals surface area contributed by atoms with Crippen molar-refractivity contribution in [2.24, 2.45) is 0 Å². The number of rotatable bonds is 7. The van der Waals surface area contributed by atoms with E-state index in [1.54, 1.807) is 23.1 Å². The molecule has 29 heavy (non-hydrogen) atoms. The van der Waals surface area contributed by atoms with Crippen molar-refractivity contribution in [3.8, 4) is 11.5 Å². The minimum atomic E-state index is -1.08. The molecule has 0 spiro atoms. The molecule has 3 rings (SSSR count). The maximum Gasteiger partial charge on any atom is 0.341 e. The van der Waals surface area contributed by atoms with E-state index < -0.39 is 12.6 Å². The second kappa shape index (κ2) is 9.43. The summed E-state index contributed by atoms with van der Waals surface area (Å²) in [6, 6.07) is 14.6. The summed E-state index contributed by atoms with van der Waals surface area (Å²) >= 11 is 0. The van der Waals surface area contributed by atoms with E-state index in [-0.39, 0.29) is 18.1 Å². The fourth-order valence-corrected chi connectivity index (χ4v) is 3.24. The van der Waals surface area contributed by atoms with Gasteiger partial charge in [0.1, 0.15) is 6.10 Å². The maximum absolute atomic E-state index is 13.2. The maximum atomic E-state index is 13.2. The summed E-state index contributed by atoms with van der Waals surface area (Å²) in [6.07, 6.45) is -0.180. The third-order valence-corrected chi connectivity index (χ3v) is 4.71. The molecule has 1 aliphatic rings. The Morgan fingerprint density at radius 1 is 1.14 bits per heavy atom. The van der Waals surface area contributed by atoms with Crippen LogP contribution in [0.5, 0.6) is 11.5 Å². The number of hydrogen-bond acceptors (Lipinski definition) is 5. The van der Waals surface area contributed by atoms with E-state index in [1.807, 2.05) is 44.2 Å². The smallest absolute Gasteiger partial charge is 0.341 e. The van der Waals surface area contributed by atoms with Gasteiger partial charge in [-0.05, 0) is 37.6 Å². The van der Waals surface area contributed by atoms with Crippen LogP contribution in [-0.4, -0.2) is 54.3 Å². The number of carbonyl (C=O) groups is 2. The van der Waals surface area contributed by atoms with Gasteiger partial charge in [0.25, 0.3) is 5.91 Å². The minimum absolute atomic E-state index is 0.0686. The predicted octanol–water partition coefficient (Wildman–Crippen LogP) is 3.15. The third kappa shape index (κ3) is 5.06. The lowest BCUT2D eigenvalue weighted by Crippen LogP contribution is -2.48. The van der Waals surface area contributed by atoms with Gasteiger partial charge in [0.2, 0.25) is 0 Å². The third-order valence-electron chi connectivity index (χ3n) is 4.71. The number of benzene rings is 2. The summed E-state index contributed by atoms with van der Waals surface area (Å²) in [4.78, 5) is 25.8. The van der Waals surface area contributed by atoms with Crippen LogP contribution in [0.1, 0.15) is 35.9 Å². The van der Waals surface area contributed by atoms with Crippen molar-refractivity contribution in [3.63, 3.8) is 0 Å². The molecule has 1 fully saturated rings. The Morgan fingerprint density at radius 3 is 2.59 bits per heavy atom. The van der Waals surface area contributed by atoms with Crippen molar-refractivity contribution >= 4 is 11.9 Å². The molecule has 0 saturated carbocycles. The van der Waals surface area contributed by atoms with Gasteiger partial charge in [-0.1, -0.05) is 30.3 Å². The first-order chi connectivity index (χ1) is 14.0. The molecule has 0 aliphatic carbocycles. The summed E-state index contributed by atoms with van der Waals surface area (Å²) in [5, 5.41) is 8.82. The van der Waals surface area contributed by atoms with Crippen LogP contribution < -0.4 is 9.47 Å². The average Bonchev–Trinajstić information content (AvgIpc) is 2.73. The summed E-state index contributed by atoms with van der Waals surface area (Å²) in [6.45, 7) is 4.54. The van der Waals surface area contributed by atoms with E-state index in [4.69, 9.17) is 19.3 Å². The van der Waals surface area contributed by atoms with Gasteiger partial charge in [-0.15, -0.1) is 0 Å². The van der Waals surface area contributed by atoms with E-state index in [2.05, 4.69) is 0 Å². The van der Waals surface area contributed by atoms with E-state index in [1.165, 1.54) is 0 Å². The van der Waals surface area contributed by atoms with E-state index in [0.29, 0.717) is 36.8 Å². The standard InChI is InChI=1S/C22H25NO6/c1-3-27-19-11-17(9-10-18(19)29-14-21(24)25)22(26)23-12-20(28-13-15(23)2)16-7-5-4-6-8-16/h4-11,15,20H,3,12-14H2,1-2H3,(H,24,25). The highest BCUT2D eigenvalue weighted by atomic mass is 16.5. The van der Waals surface area contributed by atoms with Crippen molar-refractivity contribution in [2.45, 2.75) is 26.0 Å². The molecule has 1 saturated heterocycles. The number of hydrogen-bond donors (Lipinski definition) is 1. The topological polar surface area (TPSA) is 85.3 Å². The van der Waals surface area contributed by atoms with Gasteiger partial charge in [-0.25, -0.2) is 4.79 Å². The van der Waals surface area contributed by atoms with E-state index in [9.17, 15) is 9.59 Å². The first-order valence-corrected chi connectivity index (χ1v) is 9.58. The second-order valence-corrected chi connectivity index (χ2v) is 6.82. The van der Waals surface area contributed by atoms with Gasteiger partial charge in [0, 0.05) is 5.56 Å². The van der Waals surface area contributed by atoms with Crippen LogP contribution in [0.3, 0.4) is 0 Å². The highest BCUT2D eigenvalue weighted by Gasteiger charge is 2.31. The van der Waals surface area contributed by atoms with Crippen LogP contribution in [-0.2, 0) is 9.53 Å². The fraction of sp³-hybridized carbons (Fsp3) is 0.364. The van der Waals surface area contributed by atoms with Crippen LogP contribution in [0.15, 0.2) is 48.5 Å². The summed E-state index contributed by atoms with van der Waals surface area (Å²) in [7, 11) is 0. The van der Waals surface area contributed by atoms with Gasteiger partial charge >= 0.3 is 5.97 Å². The number of carboxylic acid groups (broad SMARTS) is 1. The molecule has 0 aromatic heterocycles. The van der Waals surface area contributed by atoms with Crippen LogP contribution in [0.25, 0.3) is 0 Å². The normalized spacial score (nSPS) is 18.9. The van der Waals surface area contributed by atoms with Crippen LogP contribution >= 0.6 is 0 Å². The van der Waals surface area contributed by atoms with Gasteiger partial charge in [-0.3, -0.25) is 4.79 Å². The highest BCUT2D eigenvalue weighted by molar-refractivity contribution is 5.95. The van der Waals surface area contributed by atoms with Crippen molar-refractivity contribution < 1.29 is 28.9 Å². The summed E-state index contributed by atoms with van der Waals surface area (Å²) in [5.41, 5.74) is 1.49. The van der Waals surface area contributed by atoms with Gasteiger partial charge in [0.05, 0.1) is 25.8 Å². The minimum Gasteiger partial charge on any atom is -0.490 e. The lowest BCUT2D eigenvalue weighted by molar-refractivity contribution is -0.139. The molecule has 1 N–H and O–H groups in total.